The molecule has 0 radical (unpaired) electrons. The molecule has 0 bridgehead atoms. The number of nitrogens with zero attached hydrogens (tertiary/aromatic N) is 2. The van der Waals surface area contributed by atoms with Crippen molar-refractivity contribution >= 4 is 17.4 Å². The molecule has 2 aromatic rings. The van der Waals surface area contributed by atoms with Gasteiger partial charge >= 0.3 is 0 Å². The number of anilines is 1. The predicted molar refractivity (Wildman–Crippen MR) is 123 cm³/mol. The fourth-order valence-corrected chi connectivity index (χ4v) is 5.51. The van der Waals surface area contributed by atoms with Crippen LogP contribution < -0.4 is 10.1 Å². The maximum atomic E-state index is 13.6. The first kappa shape index (κ1) is 22.4. The second kappa shape index (κ2) is 10.7. The maximum absolute atomic E-state index is 13.6. The van der Waals surface area contributed by atoms with E-state index in [4.69, 9.17) is 4.74 Å². The summed E-state index contributed by atoms with van der Waals surface area (Å²) in [6.07, 6.45) is 4.22. The van der Waals surface area contributed by atoms with Gasteiger partial charge in [-0.25, -0.2) is 8.78 Å². The number of halogens is 2. The van der Waals surface area contributed by atoms with Crippen LogP contribution in [-0.2, 0) is 5.75 Å². The summed E-state index contributed by atoms with van der Waals surface area (Å²) >= 11 is 1.97. The number of unbranched alkanes of at least 4 members (excludes halogenated alkanes) is 1. The molecule has 2 aliphatic rings. The lowest BCUT2D eigenvalue weighted by atomic mass is 10.0. The highest BCUT2D eigenvalue weighted by Crippen LogP contribution is 2.34. The van der Waals surface area contributed by atoms with Crippen molar-refractivity contribution in [3.63, 3.8) is 0 Å². The molecule has 168 valence electrons. The molecule has 0 aliphatic carbocycles. The number of ether oxygens (including phenoxy) is 1. The lowest BCUT2D eigenvalue weighted by Crippen LogP contribution is -2.49. The highest BCUT2D eigenvalue weighted by molar-refractivity contribution is 7.99. The first-order valence-electron chi connectivity index (χ1n) is 11.1. The molecule has 1 saturated heterocycles. The topological polar surface area (TPSA) is 27.7 Å². The third-order valence-electron chi connectivity index (χ3n) is 6.22. The summed E-state index contributed by atoms with van der Waals surface area (Å²) in [5.41, 5.74) is 2.98. The molecule has 0 spiro atoms. The molecule has 31 heavy (non-hydrogen) atoms. The summed E-state index contributed by atoms with van der Waals surface area (Å²) < 4.78 is 32.0. The van der Waals surface area contributed by atoms with Crippen molar-refractivity contribution in [1.82, 2.24) is 9.80 Å². The van der Waals surface area contributed by atoms with E-state index in [9.17, 15) is 8.78 Å². The Bertz CT molecular complexity index is 860. The van der Waals surface area contributed by atoms with E-state index < -0.39 is 11.6 Å². The van der Waals surface area contributed by atoms with Crippen molar-refractivity contribution in [1.29, 1.82) is 0 Å². The van der Waals surface area contributed by atoms with Crippen LogP contribution in [0.25, 0.3) is 0 Å². The van der Waals surface area contributed by atoms with Crippen LogP contribution in [0.1, 0.15) is 31.2 Å². The van der Waals surface area contributed by atoms with Crippen LogP contribution in [0, 0.1) is 11.6 Å². The average Bonchev–Trinajstić information content (AvgIpc) is 2.80. The highest BCUT2D eigenvalue weighted by atomic mass is 32.2. The van der Waals surface area contributed by atoms with Crippen LogP contribution in [-0.4, -0.2) is 54.6 Å². The summed E-state index contributed by atoms with van der Waals surface area (Å²) in [5, 5.41) is 3.69. The minimum Gasteiger partial charge on any atom is -0.491 e. The third kappa shape index (κ3) is 5.90. The number of hydrogen-bond donors (Lipinski definition) is 1. The largest absolute Gasteiger partial charge is 0.491 e. The molecule has 4 rings (SSSR count). The molecule has 2 heterocycles. The van der Waals surface area contributed by atoms with Gasteiger partial charge in [-0.2, -0.15) is 0 Å². The summed E-state index contributed by atoms with van der Waals surface area (Å²) in [6.45, 7) is 3.70. The van der Waals surface area contributed by atoms with E-state index in [1.54, 1.807) is 0 Å². The van der Waals surface area contributed by atoms with Gasteiger partial charge in [0.15, 0.2) is 11.6 Å². The van der Waals surface area contributed by atoms with Crippen molar-refractivity contribution in [3.8, 4) is 5.75 Å². The predicted octanol–water partition coefficient (Wildman–Crippen LogP) is 5.16. The minimum absolute atomic E-state index is 0.127. The number of piperidine rings is 1. The minimum atomic E-state index is -0.639. The van der Waals surface area contributed by atoms with Gasteiger partial charge in [-0.1, -0.05) is 18.2 Å². The van der Waals surface area contributed by atoms with Crippen LogP contribution in [0.5, 0.6) is 5.75 Å². The Morgan fingerprint density at radius 1 is 1.13 bits per heavy atom. The number of para-hydroxylation sites is 1. The van der Waals surface area contributed by atoms with Gasteiger partial charge in [-0.05, 0) is 76.1 Å². The SMILES string of the molecule is CN(C1CCN(CCCCOc2ccc(F)cc2F)CC1)C1Nc2ccccc2CS1. The smallest absolute Gasteiger partial charge is 0.167 e. The van der Waals surface area contributed by atoms with Gasteiger partial charge in [0.25, 0.3) is 0 Å². The number of nitrogens with one attached hydrogen (secondary N) is 1. The Kier molecular flexibility index (Phi) is 7.69. The Hall–Kier alpha value is -1.83. The van der Waals surface area contributed by atoms with Gasteiger partial charge in [0.2, 0.25) is 0 Å². The van der Waals surface area contributed by atoms with Gasteiger partial charge in [-0.3, -0.25) is 4.90 Å². The molecule has 1 fully saturated rings. The van der Waals surface area contributed by atoms with E-state index in [1.807, 2.05) is 11.8 Å². The number of thioether (sulfide) groups is 1. The van der Waals surface area contributed by atoms with E-state index in [1.165, 1.54) is 36.2 Å². The molecule has 2 aromatic carbocycles. The second-order valence-corrected chi connectivity index (χ2v) is 9.40. The standard InChI is InChI=1S/C24H31F2N3OS/c1-28(24-27-22-7-3-2-6-18(22)17-31-24)20-10-13-29(14-11-20)12-4-5-15-30-23-9-8-19(25)16-21(23)26/h2-3,6-9,16,20,24,27H,4-5,10-15,17H2,1H3. The molecule has 1 unspecified atom stereocenters. The van der Waals surface area contributed by atoms with Gasteiger partial charge in [0.1, 0.15) is 11.3 Å². The molecule has 0 amide bonds. The lowest BCUT2D eigenvalue weighted by Gasteiger charge is -2.42. The molecular formula is C24H31F2N3OS. The van der Waals surface area contributed by atoms with Crippen molar-refractivity contribution in [3.05, 3.63) is 59.7 Å². The number of rotatable bonds is 8. The van der Waals surface area contributed by atoms with E-state index >= 15 is 0 Å². The zero-order valence-corrected chi connectivity index (χ0v) is 18.8. The molecule has 1 N–H and O–H groups in total. The normalized spacial score (nSPS) is 19.8. The summed E-state index contributed by atoms with van der Waals surface area (Å²) in [6, 6.07) is 12.6. The van der Waals surface area contributed by atoms with E-state index in [-0.39, 0.29) is 5.75 Å². The number of fused-ring (bicyclic) bond motifs is 1. The van der Waals surface area contributed by atoms with Crippen molar-refractivity contribution in [2.45, 2.75) is 43.0 Å². The zero-order valence-electron chi connectivity index (χ0n) is 18.0. The monoisotopic (exact) mass is 447 g/mol. The van der Waals surface area contributed by atoms with Crippen LogP contribution in [0.15, 0.2) is 42.5 Å². The molecule has 4 nitrogen and oxygen atoms in total. The number of likely N-dealkylation sites (tertiary alicyclic amines) is 1. The Labute approximate surface area is 187 Å². The van der Waals surface area contributed by atoms with Crippen molar-refractivity contribution < 1.29 is 13.5 Å². The van der Waals surface area contributed by atoms with E-state index in [0.29, 0.717) is 18.1 Å². The van der Waals surface area contributed by atoms with Crippen LogP contribution in [0.4, 0.5) is 14.5 Å². The summed E-state index contributed by atoms with van der Waals surface area (Å²) in [5.74, 6) is -0.0371. The average molecular weight is 448 g/mol. The first-order chi connectivity index (χ1) is 15.1. The maximum Gasteiger partial charge on any atom is 0.167 e. The molecule has 7 heteroatoms. The summed E-state index contributed by atoms with van der Waals surface area (Å²) in [4.78, 5) is 5.02. The Morgan fingerprint density at radius 3 is 2.74 bits per heavy atom. The molecule has 0 saturated carbocycles. The van der Waals surface area contributed by atoms with Crippen LogP contribution in [0.3, 0.4) is 0 Å². The van der Waals surface area contributed by atoms with Gasteiger partial charge in [0.05, 0.1) is 6.61 Å². The zero-order chi connectivity index (χ0) is 21.6. The van der Waals surface area contributed by atoms with Crippen LogP contribution >= 0.6 is 11.8 Å². The fraction of sp³-hybridized carbons (Fsp3) is 0.500. The number of hydrogen-bond acceptors (Lipinski definition) is 5. The molecule has 0 aromatic heterocycles. The summed E-state index contributed by atoms with van der Waals surface area (Å²) in [7, 11) is 2.24. The highest BCUT2D eigenvalue weighted by Gasteiger charge is 2.29. The molecular weight excluding hydrogens is 416 g/mol. The molecule has 1 atom stereocenters. The van der Waals surface area contributed by atoms with Crippen molar-refractivity contribution in [2.75, 3.05) is 38.6 Å². The first-order valence-corrected chi connectivity index (χ1v) is 12.1. The van der Waals surface area contributed by atoms with Gasteiger partial charge < -0.3 is 15.0 Å². The van der Waals surface area contributed by atoms with E-state index in [2.05, 4.69) is 46.4 Å². The van der Waals surface area contributed by atoms with Crippen molar-refractivity contribution in [2.24, 2.45) is 0 Å². The second-order valence-electron chi connectivity index (χ2n) is 8.33. The quantitative estimate of drug-likeness (QED) is 0.564. The Morgan fingerprint density at radius 2 is 1.94 bits per heavy atom. The third-order valence-corrected chi connectivity index (χ3v) is 7.46. The fourth-order valence-electron chi connectivity index (χ4n) is 4.30. The number of benzene rings is 2. The Balaban J connectivity index is 1.13. The van der Waals surface area contributed by atoms with Gasteiger partial charge in [-0.15, -0.1) is 11.8 Å². The lowest BCUT2D eigenvalue weighted by molar-refractivity contribution is 0.123. The molecule has 2 aliphatic heterocycles. The van der Waals surface area contributed by atoms with E-state index in [0.717, 1.165) is 44.3 Å². The van der Waals surface area contributed by atoms with Gasteiger partial charge in [0, 0.05) is 23.5 Å². The van der Waals surface area contributed by atoms with Crippen LogP contribution in [0.2, 0.25) is 0 Å².